The number of esters is 2. The van der Waals surface area contributed by atoms with Crippen LogP contribution in [0.15, 0.2) is 41.4 Å². The van der Waals surface area contributed by atoms with E-state index < -0.39 is 83.7 Å². The van der Waals surface area contributed by atoms with Crippen molar-refractivity contribution < 1.29 is 66.3 Å². The van der Waals surface area contributed by atoms with Crippen LogP contribution in [0.3, 0.4) is 0 Å². The first kappa shape index (κ1) is 58.4. The molecule has 0 bridgehead atoms. The first-order valence-corrected chi connectivity index (χ1v) is 26.8. The summed E-state index contributed by atoms with van der Waals surface area (Å²) in [7, 11) is -10.8. The number of phosphoric acid groups is 2. The number of carbonyl (C=O) groups excluding carboxylic acids is 2. The third-order valence-electron chi connectivity index (χ3n) is 11.1. The summed E-state index contributed by atoms with van der Waals surface area (Å²) in [6, 6.07) is 1.25. The molecule has 0 saturated carbocycles. The molecule has 0 aromatic carbocycles. The Balaban J connectivity index is 1.83. The summed E-state index contributed by atoms with van der Waals surface area (Å²) >= 11 is 0. The van der Waals surface area contributed by atoms with E-state index in [2.05, 4.69) is 54.4 Å². The largest absolute Gasteiger partial charge is 0.481 e. The molecule has 18 nitrogen and oxygen atoms in total. The van der Waals surface area contributed by atoms with Crippen LogP contribution in [0.2, 0.25) is 0 Å². The van der Waals surface area contributed by atoms with Gasteiger partial charge < -0.3 is 39.9 Å². The molecule has 1 aliphatic heterocycles. The number of nitrogen functional groups attached to an aromatic ring is 1. The maximum absolute atomic E-state index is 12.8. The topological polar surface area (TPSA) is 265 Å². The van der Waals surface area contributed by atoms with Crippen LogP contribution in [-0.2, 0) is 46.3 Å². The highest BCUT2D eigenvalue weighted by atomic mass is 31.3. The van der Waals surface area contributed by atoms with E-state index in [0.29, 0.717) is 12.8 Å². The van der Waals surface area contributed by atoms with Crippen LogP contribution in [0.4, 0.5) is 5.82 Å². The number of rotatable bonds is 38. The zero-order valence-electron chi connectivity index (χ0n) is 39.0. The van der Waals surface area contributed by atoms with Crippen LogP contribution in [0, 0.1) is 5.92 Å². The van der Waals surface area contributed by atoms with Gasteiger partial charge in [-0.25, -0.2) is 13.9 Å². The van der Waals surface area contributed by atoms with Crippen LogP contribution < -0.4 is 11.4 Å². The van der Waals surface area contributed by atoms with Gasteiger partial charge in [-0.05, 0) is 50.5 Å². The lowest BCUT2D eigenvalue weighted by Gasteiger charge is -2.21. The number of aromatic nitrogens is 2. The lowest BCUT2D eigenvalue weighted by Crippen LogP contribution is -2.36. The van der Waals surface area contributed by atoms with Gasteiger partial charge >= 0.3 is 33.3 Å². The van der Waals surface area contributed by atoms with E-state index in [1.165, 1.54) is 63.9 Å². The van der Waals surface area contributed by atoms with Crippen molar-refractivity contribution in [2.45, 2.75) is 199 Å². The highest BCUT2D eigenvalue weighted by molar-refractivity contribution is 7.61. The van der Waals surface area contributed by atoms with Gasteiger partial charge in [0.05, 0.1) is 13.2 Å². The average molecular weight is 964 g/mol. The molecule has 0 aliphatic carbocycles. The van der Waals surface area contributed by atoms with Gasteiger partial charge in [-0.3, -0.25) is 23.2 Å². The Bertz CT molecular complexity index is 1700. The Morgan fingerprint density at radius 1 is 0.800 bits per heavy atom. The summed E-state index contributed by atoms with van der Waals surface area (Å²) in [5.41, 5.74) is 4.58. The summed E-state index contributed by atoms with van der Waals surface area (Å²) < 4.78 is 56.6. The predicted octanol–water partition coefficient (Wildman–Crippen LogP) is 8.91. The monoisotopic (exact) mass is 963 g/mol. The molecule has 6 N–H and O–H groups in total. The van der Waals surface area contributed by atoms with E-state index >= 15 is 0 Å². The molecule has 1 aliphatic rings. The predicted molar refractivity (Wildman–Crippen MR) is 247 cm³/mol. The minimum Gasteiger partial charge on any atom is -0.462 e. The Labute approximate surface area is 385 Å². The standard InChI is InChI=1S/C45H79N3O15P2/c1-4-6-7-8-9-10-11-12-13-14-15-16-20-23-26-29-40(49)58-33-37(61-41(50)30-27-24-21-18-17-19-22-25-28-36(3)5-2)34-59-64(54,55)63-65(56,57)60-35-38-42(51)43(52)44(62-38)48-32-31-39(46)47-45(48)53/h10-13,31-32,36-38,42-44,51-52H,4-9,14-30,33-35H2,1-3H3,(H,54,55)(H,56,57)(H2,46,47,53)/b11-10-,13-12-/t36?,37-,38-,42+,43?,44-/m1/s1. The SMILES string of the molecule is CCCCCC/C=C\C=C/CCCCCCCC(=O)OC[C@H](COP(=O)(O)OP(=O)(O)OC[C@H]1O[C@@H](n2ccc(N)nc2=O)C(O)[C@H]1O)OC(=O)CCCCCCCCCCC(C)CC. The molecule has 2 heterocycles. The number of ether oxygens (including phenoxy) is 3. The van der Waals surface area contributed by atoms with Gasteiger partial charge in [-0.15, -0.1) is 0 Å². The molecule has 1 aromatic rings. The Hall–Kier alpha value is -2.76. The number of carbonyl (C=O) groups is 2. The van der Waals surface area contributed by atoms with E-state index in [4.69, 9.17) is 29.0 Å². The molecular formula is C45H79N3O15P2. The summed E-state index contributed by atoms with van der Waals surface area (Å²) in [5.74, 6) is -0.550. The van der Waals surface area contributed by atoms with Crippen molar-refractivity contribution in [3.8, 4) is 0 Å². The van der Waals surface area contributed by atoms with Gasteiger partial charge in [0, 0.05) is 19.0 Å². The zero-order chi connectivity index (χ0) is 47.9. The van der Waals surface area contributed by atoms with E-state index in [0.717, 1.165) is 80.9 Å². The molecule has 0 radical (unpaired) electrons. The van der Waals surface area contributed by atoms with Crippen molar-refractivity contribution in [1.82, 2.24) is 9.55 Å². The van der Waals surface area contributed by atoms with E-state index in [9.17, 15) is 43.5 Å². The minimum absolute atomic E-state index is 0.0477. The molecule has 8 atom stereocenters. The maximum atomic E-state index is 12.8. The van der Waals surface area contributed by atoms with Crippen molar-refractivity contribution in [3.05, 3.63) is 47.1 Å². The fourth-order valence-corrected chi connectivity index (χ4v) is 9.10. The normalized spacial score (nSPS) is 20.5. The molecule has 1 saturated heterocycles. The van der Waals surface area contributed by atoms with E-state index in [1.807, 2.05) is 0 Å². The zero-order valence-corrected chi connectivity index (χ0v) is 40.7. The van der Waals surface area contributed by atoms with Crippen LogP contribution in [0.25, 0.3) is 0 Å². The Kier molecular flexibility index (Phi) is 30.2. The average Bonchev–Trinajstić information content (AvgIpc) is 3.54. The molecule has 20 heteroatoms. The molecule has 1 aromatic heterocycles. The van der Waals surface area contributed by atoms with Crippen molar-refractivity contribution >= 4 is 33.4 Å². The molecule has 2 rings (SSSR count). The lowest BCUT2D eigenvalue weighted by atomic mass is 9.99. The van der Waals surface area contributed by atoms with Crippen molar-refractivity contribution in [1.29, 1.82) is 0 Å². The second-order valence-corrected chi connectivity index (χ2v) is 19.9. The van der Waals surface area contributed by atoms with Crippen LogP contribution >= 0.6 is 15.6 Å². The van der Waals surface area contributed by atoms with Gasteiger partial charge in [0.25, 0.3) is 0 Å². The third-order valence-corrected chi connectivity index (χ3v) is 13.7. The first-order chi connectivity index (χ1) is 31.1. The second kappa shape index (κ2) is 33.7. The third kappa shape index (κ3) is 27.0. The fraction of sp³-hybridized carbons (Fsp3) is 0.778. The smallest absolute Gasteiger partial charge is 0.462 e. The van der Waals surface area contributed by atoms with Crippen molar-refractivity contribution in [2.75, 3.05) is 25.6 Å². The molecule has 1 fully saturated rings. The highest BCUT2D eigenvalue weighted by Gasteiger charge is 2.46. The number of allylic oxidation sites excluding steroid dienone is 4. The van der Waals surface area contributed by atoms with Gasteiger partial charge in [0.15, 0.2) is 12.3 Å². The van der Waals surface area contributed by atoms with E-state index in [1.54, 1.807) is 0 Å². The number of nitrogens with zero attached hydrogens (tertiary/aromatic N) is 2. The fourth-order valence-electron chi connectivity index (χ4n) is 6.99. The molecule has 4 unspecified atom stereocenters. The quantitative estimate of drug-likeness (QED) is 0.0179. The molecule has 374 valence electrons. The van der Waals surface area contributed by atoms with E-state index in [-0.39, 0.29) is 18.7 Å². The summed E-state index contributed by atoms with van der Waals surface area (Å²) in [4.78, 5) is 61.7. The van der Waals surface area contributed by atoms with Gasteiger partial charge in [-0.1, -0.05) is 141 Å². The highest BCUT2D eigenvalue weighted by Crippen LogP contribution is 2.60. The summed E-state index contributed by atoms with van der Waals surface area (Å²) in [6.07, 6.45) is 24.2. The Morgan fingerprint density at radius 2 is 1.35 bits per heavy atom. The van der Waals surface area contributed by atoms with Crippen molar-refractivity contribution in [2.24, 2.45) is 5.92 Å². The number of aliphatic hydroxyl groups is 2. The number of hydrogen-bond donors (Lipinski definition) is 5. The summed E-state index contributed by atoms with van der Waals surface area (Å²) in [5, 5.41) is 20.9. The van der Waals surface area contributed by atoms with Gasteiger partial charge in [-0.2, -0.15) is 9.29 Å². The van der Waals surface area contributed by atoms with Gasteiger partial charge in [0.2, 0.25) is 0 Å². The number of anilines is 1. The molecule has 0 spiro atoms. The number of phosphoric ester groups is 2. The number of unbranched alkanes of at least 4 members (excludes halogenated alkanes) is 16. The number of hydrogen-bond acceptors (Lipinski definition) is 15. The Morgan fingerprint density at radius 3 is 1.95 bits per heavy atom. The maximum Gasteiger partial charge on any atom is 0.481 e. The van der Waals surface area contributed by atoms with Crippen LogP contribution in [0.1, 0.15) is 175 Å². The summed E-state index contributed by atoms with van der Waals surface area (Å²) in [6.45, 7) is 4.39. The lowest BCUT2D eigenvalue weighted by molar-refractivity contribution is -0.161. The number of aliphatic hydroxyl groups excluding tert-OH is 2. The van der Waals surface area contributed by atoms with Gasteiger partial charge in [0.1, 0.15) is 30.7 Å². The van der Waals surface area contributed by atoms with Crippen LogP contribution in [-0.4, -0.2) is 85.7 Å². The molecular weight excluding hydrogens is 884 g/mol. The number of nitrogens with two attached hydrogens (primary N) is 1. The minimum atomic E-state index is -5.42. The molecule has 0 amide bonds. The van der Waals surface area contributed by atoms with Crippen LogP contribution in [0.5, 0.6) is 0 Å². The van der Waals surface area contributed by atoms with Crippen molar-refractivity contribution in [3.63, 3.8) is 0 Å². The first-order valence-electron chi connectivity index (χ1n) is 23.8. The second-order valence-electron chi connectivity index (χ2n) is 16.9. The molecule has 65 heavy (non-hydrogen) atoms.